The summed E-state index contributed by atoms with van der Waals surface area (Å²) < 4.78 is 18.8. The first kappa shape index (κ1) is 11.5. The predicted molar refractivity (Wildman–Crippen MR) is 55.2 cm³/mol. The van der Waals surface area contributed by atoms with Gasteiger partial charge in [-0.25, -0.2) is 0 Å². The highest BCUT2D eigenvalue weighted by molar-refractivity contribution is 7.57. The molecule has 14 heavy (non-hydrogen) atoms. The van der Waals surface area contributed by atoms with Crippen molar-refractivity contribution in [3.63, 3.8) is 0 Å². The molecule has 1 aliphatic heterocycles. The molecule has 0 radical (unpaired) electrons. The molecular formula is C9H16NO3P. The van der Waals surface area contributed by atoms with Gasteiger partial charge in [0.05, 0.1) is 6.61 Å². The van der Waals surface area contributed by atoms with Crippen LogP contribution in [0.1, 0.15) is 19.8 Å². The maximum Gasteiger partial charge on any atom is 0.298 e. The lowest BCUT2D eigenvalue weighted by Crippen LogP contribution is -2.33. The van der Waals surface area contributed by atoms with E-state index < -0.39 is 7.52 Å². The van der Waals surface area contributed by atoms with E-state index in [0.717, 1.165) is 0 Å². The smallest absolute Gasteiger partial charge is 0.298 e. The monoisotopic (exact) mass is 217 g/mol. The SMILES string of the molecule is C=CCN1C(=O)CCCP1(=O)OCC. The van der Waals surface area contributed by atoms with Crippen LogP contribution in [-0.4, -0.2) is 29.9 Å². The number of hydrogen-bond acceptors (Lipinski definition) is 3. The minimum atomic E-state index is -2.88. The van der Waals surface area contributed by atoms with Crippen LogP contribution in [0.3, 0.4) is 0 Å². The van der Waals surface area contributed by atoms with Crippen molar-refractivity contribution in [3.05, 3.63) is 12.7 Å². The average molecular weight is 217 g/mol. The van der Waals surface area contributed by atoms with Crippen molar-refractivity contribution in [1.29, 1.82) is 0 Å². The number of carbonyl (C=O) groups is 1. The Morgan fingerprint density at radius 1 is 1.71 bits per heavy atom. The Balaban J connectivity index is 2.83. The summed E-state index contributed by atoms with van der Waals surface area (Å²) in [5, 5.41) is 0. The molecule has 0 saturated carbocycles. The zero-order chi connectivity index (χ0) is 10.6. The van der Waals surface area contributed by atoms with Crippen molar-refractivity contribution in [2.75, 3.05) is 19.3 Å². The average Bonchev–Trinajstić information content (AvgIpc) is 2.12. The molecular weight excluding hydrogens is 201 g/mol. The molecule has 5 heteroatoms. The zero-order valence-electron chi connectivity index (χ0n) is 8.44. The van der Waals surface area contributed by atoms with Crippen molar-refractivity contribution >= 4 is 13.4 Å². The van der Waals surface area contributed by atoms with Gasteiger partial charge in [0.15, 0.2) is 0 Å². The molecule has 1 amide bonds. The molecule has 0 aromatic rings. The zero-order valence-corrected chi connectivity index (χ0v) is 9.33. The number of carbonyl (C=O) groups excluding carboxylic acids is 1. The number of hydrogen-bond donors (Lipinski definition) is 0. The molecule has 0 spiro atoms. The van der Waals surface area contributed by atoms with E-state index in [1.807, 2.05) is 0 Å². The van der Waals surface area contributed by atoms with E-state index in [1.54, 1.807) is 13.0 Å². The first-order valence-electron chi connectivity index (χ1n) is 4.79. The first-order valence-corrected chi connectivity index (χ1v) is 6.55. The number of amides is 1. The van der Waals surface area contributed by atoms with Crippen LogP contribution >= 0.6 is 7.52 Å². The Morgan fingerprint density at radius 3 is 3.00 bits per heavy atom. The summed E-state index contributed by atoms with van der Waals surface area (Å²) in [5.41, 5.74) is 0. The van der Waals surface area contributed by atoms with E-state index in [9.17, 15) is 9.36 Å². The topological polar surface area (TPSA) is 46.6 Å². The van der Waals surface area contributed by atoms with Gasteiger partial charge in [0.1, 0.15) is 0 Å². The van der Waals surface area contributed by atoms with Crippen molar-refractivity contribution in [2.45, 2.75) is 19.8 Å². The summed E-state index contributed by atoms with van der Waals surface area (Å²) >= 11 is 0. The summed E-state index contributed by atoms with van der Waals surface area (Å²) in [6, 6.07) is 0. The Bertz CT molecular complexity index is 271. The van der Waals surface area contributed by atoms with Gasteiger partial charge in [-0.05, 0) is 13.3 Å². The lowest BCUT2D eigenvalue weighted by molar-refractivity contribution is -0.127. The van der Waals surface area contributed by atoms with Crippen LogP contribution in [0.4, 0.5) is 0 Å². The van der Waals surface area contributed by atoms with Gasteiger partial charge in [-0.1, -0.05) is 6.08 Å². The molecule has 1 fully saturated rings. The third-order valence-electron chi connectivity index (χ3n) is 2.12. The van der Waals surface area contributed by atoms with Crippen molar-refractivity contribution < 1.29 is 13.9 Å². The third kappa shape index (κ3) is 2.25. The second kappa shape index (κ2) is 4.76. The molecule has 4 nitrogen and oxygen atoms in total. The van der Waals surface area contributed by atoms with E-state index >= 15 is 0 Å². The predicted octanol–water partition coefficient (Wildman–Crippen LogP) is 2.02. The van der Waals surface area contributed by atoms with Crippen LogP contribution in [0, 0.1) is 0 Å². The Hall–Kier alpha value is -0.600. The van der Waals surface area contributed by atoms with Gasteiger partial charge >= 0.3 is 0 Å². The van der Waals surface area contributed by atoms with Crippen LogP contribution < -0.4 is 0 Å². The van der Waals surface area contributed by atoms with Crippen molar-refractivity contribution in [1.82, 2.24) is 4.67 Å². The van der Waals surface area contributed by atoms with Crippen molar-refractivity contribution in [2.24, 2.45) is 0 Å². The van der Waals surface area contributed by atoms with Gasteiger partial charge in [0.25, 0.3) is 7.52 Å². The Morgan fingerprint density at radius 2 is 2.43 bits per heavy atom. The second-order valence-corrected chi connectivity index (χ2v) is 5.61. The molecule has 80 valence electrons. The summed E-state index contributed by atoms with van der Waals surface area (Å²) in [6.07, 6.45) is 3.17. The highest BCUT2D eigenvalue weighted by Gasteiger charge is 2.37. The van der Waals surface area contributed by atoms with Crippen molar-refractivity contribution in [3.8, 4) is 0 Å². The standard InChI is InChI=1S/C9H16NO3P/c1-3-7-10-9(11)6-5-8-14(10,12)13-4-2/h3H,1,4-8H2,2H3. The van der Waals surface area contributed by atoms with Gasteiger partial charge in [-0.15, -0.1) is 6.58 Å². The second-order valence-electron chi connectivity index (χ2n) is 3.15. The minimum absolute atomic E-state index is 0.0899. The fourth-order valence-corrected chi connectivity index (χ4v) is 3.81. The number of rotatable bonds is 4. The van der Waals surface area contributed by atoms with Gasteiger partial charge in [0, 0.05) is 19.1 Å². The summed E-state index contributed by atoms with van der Waals surface area (Å²) in [7, 11) is -2.88. The molecule has 1 saturated heterocycles. The van der Waals surface area contributed by atoms with Gasteiger partial charge in [-0.3, -0.25) is 14.0 Å². The van der Waals surface area contributed by atoms with Gasteiger partial charge in [-0.2, -0.15) is 0 Å². The maximum atomic E-state index is 12.2. The maximum absolute atomic E-state index is 12.2. The van der Waals surface area contributed by atoms with E-state index in [-0.39, 0.29) is 5.91 Å². The normalized spacial score (nSPS) is 27.8. The Kier molecular flexibility index (Phi) is 3.90. The highest BCUT2D eigenvalue weighted by Crippen LogP contribution is 2.54. The molecule has 0 N–H and O–H groups in total. The molecule has 0 bridgehead atoms. The van der Waals surface area contributed by atoms with Crippen LogP contribution in [0.5, 0.6) is 0 Å². The molecule has 0 aromatic carbocycles. The molecule has 1 atom stereocenters. The highest BCUT2D eigenvalue weighted by atomic mass is 31.2. The molecule has 0 aromatic heterocycles. The van der Waals surface area contributed by atoms with E-state index in [4.69, 9.17) is 4.52 Å². The largest absolute Gasteiger partial charge is 0.314 e. The van der Waals surface area contributed by atoms with Crippen LogP contribution in [0.25, 0.3) is 0 Å². The van der Waals surface area contributed by atoms with Gasteiger partial charge in [0.2, 0.25) is 5.91 Å². The first-order chi connectivity index (χ1) is 6.64. The summed E-state index contributed by atoms with van der Waals surface area (Å²) in [4.78, 5) is 11.5. The lowest BCUT2D eigenvalue weighted by Gasteiger charge is -2.33. The summed E-state index contributed by atoms with van der Waals surface area (Å²) in [5.74, 6) is -0.0899. The lowest BCUT2D eigenvalue weighted by atomic mass is 10.3. The van der Waals surface area contributed by atoms with Crippen LogP contribution in [0.15, 0.2) is 12.7 Å². The molecule has 1 unspecified atom stereocenters. The number of nitrogens with zero attached hydrogens (tertiary/aromatic N) is 1. The summed E-state index contributed by atoms with van der Waals surface area (Å²) in [6.45, 7) is 6.02. The molecule has 0 aliphatic carbocycles. The Labute approximate surface area is 84.4 Å². The molecule has 1 rings (SSSR count). The van der Waals surface area contributed by atoms with Gasteiger partial charge < -0.3 is 4.52 Å². The molecule has 1 aliphatic rings. The third-order valence-corrected chi connectivity index (χ3v) is 4.78. The quantitative estimate of drug-likeness (QED) is 0.534. The molecule has 1 heterocycles. The van der Waals surface area contributed by atoms with Crippen LogP contribution in [-0.2, 0) is 13.9 Å². The minimum Gasteiger partial charge on any atom is -0.314 e. The van der Waals surface area contributed by atoms with E-state index in [2.05, 4.69) is 6.58 Å². The fraction of sp³-hybridized carbons (Fsp3) is 0.667. The van der Waals surface area contributed by atoms with Crippen LogP contribution in [0.2, 0.25) is 0 Å². The van der Waals surface area contributed by atoms with E-state index in [0.29, 0.717) is 32.2 Å². The van der Waals surface area contributed by atoms with E-state index in [1.165, 1.54) is 4.67 Å². The fourth-order valence-electron chi connectivity index (χ4n) is 1.53.